The molecule has 3 aliphatic rings. The molecule has 43 heavy (non-hydrogen) atoms. The van der Waals surface area contributed by atoms with Gasteiger partial charge in [-0.2, -0.15) is 15.2 Å². The predicted octanol–water partition coefficient (Wildman–Crippen LogP) is 5.04. The van der Waals surface area contributed by atoms with Crippen molar-refractivity contribution < 1.29 is 27.8 Å². The van der Waals surface area contributed by atoms with Crippen LogP contribution < -0.4 is 20.1 Å². The monoisotopic (exact) mass is 630 g/mol. The molecule has 2 fully saturated rings. The lowest BCUT2D eigenvalue weighted by molar-refractivity contribution is 0.107. The van der Waals surface area contributed by atoms with Gasteiger partial charge in [0.05, 0.1) is 39.4 Å². The quantitative estimate of drug-likeness (QED) is 0.302. The molecule has 0 bridgehead atoms. The van der Waals surface area contributed by atoms with E-state index in [1.165, 1.54) is 12.1 Å². The van der Waals surface area contributed by atoms with Gasteiger partial charge < -0.3 is 25.2 Å². The van der Waals surface area contributed by atoms with Crippen molar-refractivity contribution >= 4 is 54.7 Å². The number of β-amino-alcohol motifs (C(OH)–C–C–N with tert-alkyl or cyclic N) is 1. The second kappa shape index (κ2) is 10.6. The van der Waals surface area contributed by atoms with Gasteiger partial charge in [-0.1, -0.05) is 17.7 Å². The number of nitrogens with zero attached hydrogens (tertiary/aromatic N) is 5. The van der Waals surface area contributed by atoms with Crippen LogP contribution in [-0.2, 0) is 0 Å². The molecule has 5 heterocycles. The number of alkyl halides is 1. The number of benzene rings is 2. The van der Waals surface area contributed by atoms with E-state index in [-0.39, 0.29) is 91.6 Å². The number of halogens is 4. The number of anilines is 2. The zero-order valence-corrected chi connectivity index (χ0v) is 24.4. The van der Waals surface area contributed by atoms with E-state index in [0.29, 0.717) is 19.5 Å². The Morgan fingerprint density at radius 1 is 1.28 bits per heavy atom. The molecule has 0 saturated carbocycles. The summed E-state index contributed by atoms with van der Waals surface area (Å²) in [6.07, 6.45) is 1.07. The topological polar surface area (TPSA) is 121 Å². The molecule has 0 unspecified atom stereocenters. The maximum Gasteiger partial charge on any atom is 0.319 e. The summed E-state index contributed by atoms with van der Waals surface area (Å²) >= 11 is 7.76. The maximum absolute atomic E-state index is 16.8. The van der Waals surface area contributed by atoms with Crippen molar-refractivity contribution in [3.8, 4) is 29.0 Å². The fourth-order valence-corrected chi connectivity index (χ4v) is 8.04. The summed E-state index contributed by atoms with van der Waals surface area (Å²) < 4.78 is 58.3. The normalized spacial score (nSPS) is 21.7. The van der Waals surface area contributed by atoms with Crippen LogP contribution in [0.25, 0.3) is 32.1 Å². The van der Waals surface area contributed by atoms with Crippen LogP contribution in [0.2, 0.25) is 5.02 Å². The van der Waals surface area contributed by atoms with Crippen LogP contribution in [0.15, 0.2) is 12.1 Å². The minimum atomic E-state index is -0.954. The molecule has 4 aromatic rings. The molecule has 2 aromatic heterocycles. The number of thiophene rings is 1. The molecular weight excluding hydrogens is 605 g/mol. The third-order valence-electron chi connectivity index (χ3n) is 8.65. The van der Waals surface area contributed by atoms with Gasteiger partial charge in [-0.15, -0.1) is 11.3 Å². The van der Waals surface area contributed by atoms with Crippen LogP contribution in [0.4, 0.5) is 24.0 Å². The molecule has 2 atom stereocenters. The Balaban J connectivity index is 1.44. The third-order valence-corrected chi connectivity index (χ3v) is 10.0. The van der Waals surface area contributed by atoms with Gasteiger partial charge in [0.1, 0.15) is 47.6 Å². The van der Waals surface area contributed by atoms with E-state index in [4.69, 9.17) is 26.8 Å². The second-order valence-electron chi connectivity index (χ2n) is 11.1. The number of fused-ring (bicyclic) bond motifs is 2. The number of nitrogens with two attached hydrogens (primary N) is 1. The molecule has 2 aromatic carbocycles. The zero-order valence-electron chi connectivity index (χ0n) is 22.8. The Hall–Kier alpha value is -3.57. The van der Waals surface area contributed by atoms with E-state index >= 15 is 4.39 Å². The Kier molecular flexibility index (Phi) is 6.92. The van der Waals surface area contributed by atoms with Crippen LogP contribution in [0, 0.1) is 23.0 Å². The molecule has 7 rings (SSSR count). The summed E-state index contributed by atoms with van der Waals surface area (Å²) in [5.41, 5.74) is 5.43. The molecule has 0 amide bonds. The lowest BCUT2D eigenvalue weighted by atomic mass is 9.95. The van der Waals surface area contributed by atoms with Crippen molar-refractivity contribution in [2.24, 2.45) is 0 Å². The number of hydrogen-bond donors (Lipinski definition) is 2. The molecular formula is C29H26ClF3N6O3S. The Morgan fingerprint density at radius 2 is 2.12 bits per heavy atom. The van der Waals surface area contributed by atoms with Crippen LogP contribution in [-0.4, -0.2) is 77.7 Å². The first-order chi connectivity index (χ1) is 20.8. The molecule has 0 radical (unpaired) electrons. The van der Waals surface area contributed by atoms with Gasteiger partial charge in [-0.05, 0) is 31.0 Å². The largest absolute Gasteiger partial charge is 0.489 e. The van der Waals surface area contributed by atoms with Gasteiger partial charge in [0.25, 0.3) is 0 Å². The molecule has 0 spiro atoms. The molecule has 224 valence electrons. The first-order valence-corrected chi connectivity index (χ1v) is 15.1. The number of aromatic nitrogens is 2. The highest BCUT2D eigenvalue weighted by Crippen LogP contribution is 2.50. The zero-order chi connectivity index (χ0) is 30.0. The third kappa shape index (κ3) is 4.34. The number of ether oxygens (including phenoxy) is 2. The van der Waals surface area contributed by atoms with E-state index < -0.39 is 23.3 Å². The lowest BCUT2D eigenvalue weighted by Crippen LogP contribution is -2.43. The fraction of sp³-hybridized carbons (Fsp3) is 0.414. The first kappa shape index (κ1) is 28.2. The Bertz CT molecular complexity index is 1830. The van der Waals surface area contributed by atoms with Gasteiger partial charge in [0.2, 0.25) is 0 Å². The van der Waals surface area contributed by atoms with Gasteiger partial charge in [-0.3, -0.25) is 4.90 Å². The minimum absolute atomic E-state index is 0.0153. The average molecular weight is 631 g/mol. The van der Waals surface area contributed by atoms with Gasteiger partial charge in [0, 0.05) is 30.5 Å². The maximum atomic E-state index is 16.8. The van der Waals surface area contributed by atoms with Crippen LogP contribution >= 0.6 is 22.9 Å². The molecule has 2 saturated heterocycles. The molecule has 9 nitrogen and oxygen atoms in total. The Labute approximate surface area is 253 Å². The van der Waals surface area contributed by atoms with Crippen molar-refractivity contribution in [3.63, 3.8) is 0 Å². The van der Waals surface area contributed by atoms with Crippen molar-refractivity contribution in [3.05, 3.63) is 34.4 Å². The summed E-state index contributed by atoms with van der Waals surface area (Å²) in [5.74, 6) is -1.07. The number of nitriles is 1. The predicted molar refractivity (Wildman–Crippen MR) is 158 cm³/mol. The minimum Gasteiger partial charge on any atom is -0.489 e. The lowest BCUT2D eigenvalue weighted by Gasteiger charge is -2.31. The van der Waals surface area contributed by atoms with Crippen molar-refractivity contribution in [1.82, 2.24) is 14.9 Å². The summed E-state index contributed by atoms with van der Waals surface area (Å²) in [5, 5.41) is 19.9. The van der Waals surface area contributed by atoms with E-state index in [0.717, 1.165) is 30.7 Å². The van der Waals surface area contributed by atoms with E-state index in [1.807, 2.05) is 6.07 Å². The van der Waals surface area contributed by atoms with Crippen LogP contribution in [0.5, 0.6) is 11.8 Å². The van der Waals surface area contributed by atoms with Gasteiger partial charge in [-0.25, -0.2) is 13.2 Å². The van der Waals surface area contributed by atoms with Crippen molar-refractivity contribution in [1.29, 1.82) is 5.26 Å². The number of aliphatic hydroxyl groups is 1. The summed E-state index contributed by atoms with van der Waals surface area (Å²) in [4.78, 5) is 12.9. The molecule has 3 aliphatic heterocycles. The fourth-order valence-electron chi connectivity index (χ4n) is 6.76. The SMILES string of the molecule is N#Cc1c(N)sc2c(F)ccc(-c3c(Cl)c4c5c(nc(OC[C@@]67CCCN6C[C@H](F)C7)nc5c3F)N(CCO)CCO4)c12. The van der Waals surface area contributed by atoms with Crippen LogP contribution in [0.3, 0.4) is 0 Å². The molecule has 0 aliphatic carbocycles. The van der Waals surface area contributed by atoms with E-state index in [2.05, 4.69) is 14.9 Å². The summed E-state index contributed by atoms with van der Waals surface area (Å²) in [6.45, 7) is 1.66. The highest BCUT2D eigenvalue weighted by molar-refractivity contribution is 7.23. The molecule has 14 heteroatoms. The second-order valence-corrected chi connectivity index (χ2v) is 12.5. The van der Waals surface area contributed by atoms with Gasteiger partial charge >= 0.3 is 6.01 Å². The Morgan fingerprint density at radius 3 is 2.91 bits per heavy atom. The highest BCUT2D eigenvalue weighted by Gasteiger charge is 2.49. The smallest absolute Gasteiger partial charge is 0.319 e. The van der Waals surface area contributed by atoms with Crippen molar-refractivity contribution in [2.75, 3.05) is 56.6 Å². The summed E-state index contributed by atoms with van der Waals surface area (Å²) in [7, 11) is 0. The van der Waals surface area contributed by atoms with E-state index in [9.17, 15) is 19.1 Å². The standard InChI is InChI=1S/C29H26ClF3N6O3S/c30-21-19(15-2-3-17(32)25-18(15)16(11-34)26(35)43-25)22(33)23-20-24(21)41-9-7-38(6-8-40)27(20)37-28(36-23)42-13-29-4-1-5-39(29)12-14(31)10-29/h2-3,14,40H,1,4-10,12-13,35H2/t14-,29+/m1/s1. The number of rotatable bonds is 6. The molecule has 3 N–H and O–H groups in total. The van der Waals surface area contributed by atoms with E-state index in [1.54, 1.807) is 4.90 Å². The van der Waals surface area contributed by atoms with Crippen molar-refractivity contribution in [2.45, 2.75) is 31.0 Å². The van der Waals surface area contributed by atoms with Gasteiger partial charge in [0.15, 0.2) is 11.6 Å². The number of hydrogen-bond acceptors (Lipinski definition) is 10. The average Bonchev–Trinajstić information content (AvgIpc) is 3.58. The number of nitrogen functional groups attached to an aromatic ring is 1. The highest BCUT2D eigenvalue weighted by atomic mass is 35.5. The first-order valence-electron chi connectivity index (χ1n) is 13.9. The summed E-state index contributed by atoms with van der Waals surface area (Å²) in [6, 6.07) is 4.40. The number of aliphatic hydroxyl groups excluding tert-OH is 1. The van der Waals surface area contributed by atoms with Crippen LogP contribution in [0.1, 0.15) is 24.8 Å².